The fourth-order valence-electron chi connectivity index (χ4n) is 0.883. The molecule has 6 N–H and O–H groups in total. The summed E-state index contributed by atoms with van der Waals surface area (Å²) in [6.07, 6.45) is 0.404. The van der Waals surface area contributed by atoms with Crippen molar-refractivity contribution in [1.29, 1.82) is 0 Å². The van der Waals surface area contributed by atoms with Gasteiger partial charge < -0.3 is 21.9 Å². The van der Waals surface area contributed by atoms with Crippen LogP contribution in [0.2, 0.25) is 0 Å². The lowest BCUT2D eigenvalue weighted by molar-refractivity contribution is -0.139. The summed E-state index contributed by atoms with van der Waals surface area (Å²) >= 11 is 0. The molecule has 0 saturated heterocycles. The molecule has 0 aliphatic carbocycles. The third-order valence-electron chi connectivity index (χ3n) is 1.60. The summed E-state index contributed by atoms with van der Waals surface area (Å²) in [7, 11) is 0. The maximum Gasteiger partial charge on any atom is 0.305 e. The number of carboxylic acid groups (broad SMARTS) is 1. The summed E-state index contributed by atoms with van der Waals surface area (Å²) in [5.41, 5.74) is 10.0. The number of hydrogen-bond acceptors (Lipinski definition) is 5. The summed E-state index contributed by atoms with van der Waals surface area (Å²) in [5, 5.41) is 10.4. The SMILES string of the molecule is NC(=O)C[C@@H]([C]=O)NC(=O)[C@@H](N)CC(=O)O. The molecule has 0 bridgehead atoms. The largest absolute Gasteiger partial charge is 0.481 e. The van der Waals surface area contributed by atoms with Gasteiger partial charge in [0.25, 0.3) is 0 Å². The van der Waals surface area contributed by atoms with Gasteiger partial charge in [-0.25, -0.2) is 0 Å². The van der Waals surface area contributed by atoms with E-state index in [0.29, 0.717) is 0 Å². The molecule has 0 spiro atoms. The van der Waals surface area contributed by atoms with Gasteiger partial charge >= 0.3 is 5.97 Å². The van der Waals surface area contributed by atoms with E-state index in [1.165, 1.54) is 6.29 Å². The number of carbonyl (C=O) groups is 3. The Morgan fingerprint density at radius 3 is 2.25 bits per heavy atom. The van der Waals surface area contributed by atoms with Crippen molar-refractivity contribution < 1.29 is 24.3 Å². The zero-order valence-corrected chi connectivity index (χ0v) is 8.30. The molecule has 0 aliphatic heterocycles. The molecule has 0 aromatic rings. The Morgan fingerprint density at radius 1 is 1.31 bits per heavy atom. The quantitative estimate of drug-likeness (QED) is 0.372. The molecular weight excluding hydrogens is 218 g/mol. The Kier molecular flexibility index (Phi) is 5.71. The van der Waals surface area contributed by atoms with E-state index in [-0.39, 0.29) is 0 Å². The molecule has 0 heterocycles. The molecule has 1 radical (unpaired) electrons. The maximum atomic E-state index is 11.2. The molecule has 0 unspecified atom stereocenters. The number of aliphatic carboxylic acids is 1. The molecule has 0 aliphatic rings. The third kappa shape index (κ3) is 5.70. The second-order valence-electron chi connectivity index (χ2n) is 3.05. The van der Waals surface area contributed by atoms with Crippen molar-refractivity contribution in [2.45, 2.75) is 24.9 Å². The van der Waals surface area contributed by atoms with Crippen LogP contribution in [0.1, 0.15) is 12.8 Å². The lowest BCUT2D eigenvalue weighted by atomic mass is 10.1. The maximum absolute atomic E-state index is 11.2. The second-order valence-corrected chi connectivity index (χ2v) is 3.05. The van der Waals surface area contributed by atoms with Gasteiger partial charge in [0, 0.05) is 0 Å². The van der Waals surface area contributed by atoms with E-state index < -0.39 is 42.7 Å². The molecule has 0 aromatic carbocycles. The van der Waals surface area contributed by atoms with Gasteiger partial charge in [-0.3, -0.25) is 19.2 Å². The number of rotatable bonds is 7. The molecule has 0 rings (SSSR count). The topological polar surface area (TPSA) is 153 Å². The van der Waals surface area contributed by atoms with Gasteiger partial charge in [-0.2, -0.15) is 0 Å². The number of carbonyl (C=O) groups excluding carboxylic acids is 3. The van der Waals surface area contributed by atoms with Crippen molar-refractivity contribution in [2.24, 2.45) is 11.5 Å². The number of amides is 2. The lowest BCUT2D eigenvalue weighted by Crippen LogP contribution is -2.47. The number of primary amides is 1. The first-order chi connectivity index (χ1) is 7.36. The van der Waals surface area contributed by atoms with Crippen LogP contribution in [0.15, 0.2) is 0 Å². The first-order valence-corrected chi connectivity index (χ1v) is 4.30. The van der Waals surface area contributed by atoms with E-state index in [2.05, 4.69) is 5.32 Å². The second kappa shape index (κ2) is 6.51. The minimum absolute atomic E-state index is 0.408. The summed E-state index contributed by atoms with van der Waals surface area (Å²) in [6, 6.07) is -2.49. The minimum Gasteiger partial charge on any atom is -0.481 e. The first kappa shape index (κ1) is 14.0. The molecule has 8 nitrogen and oxygen atoms in total. The number of nitrogens with two attached hydrogens (primary N) is 2. The predicted octanol–water partition coefficient (Wildman–Crippen LogP) is -2.74. The van der Waals surface area contributed by atoms with Gasteiger partial charge in [-0.15, -0.1) is 0 Å². The number of nitrogens with one attached hydrogen (secondary N) is 1. The van der Waals surface area contributed by atoms with E-state index >= 15 is 0 Å². The predicted molar refractivity (Wildman–Crippen MR) is 51.7 cm³/mol. The highest BCUT2D eigenvalue weighted by atomic mass is 16.4. The Labute approximate surface area is 91.0 Å². The summed E-state index contributed by atoms with van der Waals surface area (Å²) in [6.45, 7) is 0. The fourth-order valence-corrected chi connectivity index (χ4v) is 0.883. The summed E-state index contributed by atoms with van der Waals surface area (Å²) in [4.78, 5) is 42.2. The van der Waals surface area contributed by atoms with E-state index in [1.807, 2.05) is 0 Å². The smallest absolute Gasteiger partial charge is 0.305 e. The average Bonchev–Trinajstić information content (AvgIpc) is 2.14. The minimum atomic E-state index is -1.29. The standard InChI is InChI=1S/C8H12N3O5/c9-5(2-7(14)15)8(16)11-4(3-12)1-6(10)13/h4-5H,1-2,9H2,(H2,10,13)(H,11,16)(H,14,15)/t4-,5-/m0/s1. The summed E-state index contributed by atoms with van der Waals surface area (Å²) < 4.78 is 0. The average molecular weight is 230 g/mol. The van der Waals surface area contributed by atoms with E-state index in [0.717, 1.165) is 0 Å². The third-order valence-corrected chi connectivity index (χ3v) is 1.60. The van der Waals surface area contributed by atoms with Crippen LogP contribution in [0, 0.1) is 0 Å². The van der Waals surface area contributed by atoms with Gasteiger partial charge in [0.1, 0.15) is 6.04 Å². The van der Waals surface area contributed by atoms with E-state index in [9.17, 15) is 19.2 Å². The molecule has 2 amide bonds. The molecule has 89 valence electrons. The highest BCUT2D eigenvalue weighted by Crippen LogP contribution is 1.92. The zero-order chi connectivity index (χ0) is 12.7. The Hall–Kier alpha value is -1.96. The van der Waals surface area contributed by atoms with Gasteiger partial charge in [0.15, 0.2) is 0 Å². The van der Waals surface area contributed by atoms with Gasteiger partial charge in [0.2, 0.25) is 18.1 Å². The lowest BCUT2D eigenvalue weighted by Gasteiger charge is -2.13. The molecule has 0 aromatic heterocycles. The van der Waals surface area contributed by atoms with Crippen molar-refractivity contribution in [2.75, 3.05) is 0 Å². The van der Waals surface area contributed by atoms with Gasteiger partial charge in [0.05, 0.1) is 18.9 Å². The van der Waals surface area contributed by atoms with Crippen molar-refractivity contribution in [1.82, 2.24) is 5.32 Å². The molecule has 0 fully saturated rings. The first-order valence-electron chi connectivity index (χ1n) is 4.30. The highest BCUT2D eigenvalue weighted by Gasteiger charge is 2.21. The Morgan fingerprint density at radius 2 is 1.88 bits per heavy atom. The van der Waals surface area contributed by atoms with Gasteiger partial charge in [-0.05, 0) is 0 Å². The van der Waals surface area contributed by atoms with Crippen LogP contribution in [0.5, 0.6) is 0 Å². The monoisotopic (exact) mass is 230 g/mol. The number of hydrogen-bond donors (Lipinski definition) is 4. The molecule has 8 heteroatoms. The van der Waals surface area contributed by atoms with E-state index in [1.54, 1.807) is 0 Å². The van der Waals surface area contributed by atoms with Crippen LogP contribution < -0.4 is 16.8 Å². The van der Waals surface area contributed by atoms with Crippen LogP contribution >= 0.6 is 0 Å². The van der Waals surface area contributed by atoms with Crippen molar-refractivity contribution >= 4 is 24.1 Å². The van der Waals surface area contributed by atoms with Crippen LogP contribution in [0.4, 0.5) is 0 Å². The Bertz CT molecular complexity index is 304. The van der Waals surface area contributed by atoms with Crippen molar-refractivity contribution in [3.05, 3.63) is 0 Å². The highest BCUT2D eigenvalue weighted by molar-refractivity contribution is 5.89. The van der Waals surface area contributed by atoms with Crippen LogP contribution in [0.3, 0.4) is 0 Å². The zero-order valence-electron chi connectivity index (χ0n) is 8.30. The molecular formula is C8H12N3O5. The van der Waals surface area contributed by atoms with Crippen LogP contribution in [-0.2, 0) is 19.2 Å². The fraction of sp³-hybridized carbons (Fsp3) is 0.500. The molecule has 0 saturated carbocycles. The number of carboxylic acids is 1. The summed E-state index contributed by atoms with van der Waals surface area (Å²) in [5.74, 6) is -2.89. The molecule has 2 atom stereocenters. The van der Waals surface area contributed by atoms with Gasteiger partial charge in [-0.1, -0.05) is 0 Å². The normalized spacial score (nSPS) is 13.6. The Balaban J connectivity index is 4.23. The molecule has 16 heavy (non-hydrogen) atoms. The van der Waals surface area contributed by atoms with Crippen LogP contribution in [0.25, 0.3) is 0 Å². The van der Waals surface area contributed by atoms with E-state index in [4.69, 9.17) is 16.6 Å². The van der Waals surface area contributed by atoms with Crippen LogP contribution in [-0.4, -0.2) is 41.3 Å². The van der Waals surface area contributed by atoms with Crippen molar-refractivity contribution in [3.63, 3.8) is 0 Å². The van der Waals surface area contributed by atoms with Crippen molar-refractivity contribution in [3.8, 4) is 0 Å².